The predicted molar refractivity (Wildman–Crippen MR) is 92.0 cm³/mol. The maximum absolute atomic E-state index is 6.00. The van der Waals surface area contributed by atoms with Gasteiger partial charge in [-0.2, -0.15) is 0 Å². The van der Waals surface area contributed by atoms with E-state index in [9.17, 15) is 0 Å². The molecule has 2 aromatic rings. The lowest BCUT2D eigenvalue weighted by Crippen LogP contribution is -2.23. The molecule has 0 aromatic heterocycles. The van der Waals surface area contributed by atoms with Gasteiger partial charge >= 0.3 is 0 Å². The van der Waals surface area contributed by atoms with Crippen molar-refractivity contribution >= 4 is 11.6 Å². The Labute approximate surface area is 133 Å². The van der Waals surface area contributed by atoms with E-state index in [0.717, 1.165) is 24.4 Å². The van der Waals surface area contributed by atoms with E-state index < -0.39 is 0 Å². The summed E-state index contributed by atoms with van der Waals surface area (Å²) in [6.45, 7) is 5.41. The molecule has 21 heavy (non-hydrogen) atoms. The highest BCUT2D eigenvalue weighted by Crippen LogP contribution is 2.24. The molecule has 1 unspecified atom stereocenters. The monoisotopic (exact) mass is 301 g/mol. The molecule has 1 nitrogen and oxygen atoms in total. The van der Waals surface area contributed by atoms with Gasteiger partial charge in [0.05, 0.1) is 6.04 Å². The summed E-state index contributed by atoms with van der Waals surface area (Å²) < 4.78 is 0. The Morgan fingerprint density at radius 2 is 1.43 bits per heavy atom. The third-order valence-corrected chi connectivity index (χ3v) is 3.91. The quantitative estimate of drug-likeness (QED) is 0.724. The van der Waals surface area contributed by atoms with Crippen LogP contribution >= 0.6 is 11.6 Å². The van der Waals surface area contributed by atoms with Gasteiger partial charge in [-0.15, -0.1) is 0 Å². The van der Waals surface area contributed by atoms with Gasteiger partial charge in [0.25, 0.3) is 0 Å². The van der Waals surface area contributed by atoms with E-state index in [1.165, 1.54) is 23.1 Å². The third-order valence-electron chi connectivity index (χ3n) is 3.65. The maximum atomic E-state index is 6.00. The Bertz CT molecular complexity index is 530. The van der Waals surface area contributed by atoms with Gasteiger partial charge in [-0.05, 0) is 48.2 Å². The summed E-state index contributed by atoms with van der Waals surface area (Å²) >= 11 is 6.00. The zero-order valence-corrected chi connectivity index (χ0v) is 13.7. The second-order valence-corrected chi connectivity index (χ2v) is 5.87. The Balaban J connectivity index is 2.24. The van der Waals surface area contributed by atoms with Crippen molar-refractivity contribution in [3.63, 3.8) is 0 Å². The van der Waals surface area contributed by atoms with E-state index in [4.69, 9.17) is 11.6 Å². The molecule has 0 radical (unpaired) electrons. The van der Waals surface area contributed by atoms with Crippen LogP contribution in [0.25, 0.3) is 0 Å². The fourth-order valence-corrected chi connectivity index (χ4v) is 2.66. The molecular formula is C19H24ClN. The maximum Gasteiger partial charge on any atom is 0.0576 e. The smallest absolute Gasteiger partial charge is 0.0576 e. The van der Waals surface area contributed by atoms with E-state index in [0.29, 0.717) is 0 Å². The molecular weight excluding hydrogens is 278 g/mol. The van der Waals surface area contributed by atoms with Crippen LogP contribution in [0, 0.1) is 0 Å². The minimum absolute atomic E-state index is 0.234. The van der Waals surface area contributed by atoms with Crippen LogP contribution in [-0.2, 0) is 6.42 Å². The van der Waals surface area contributed by atoms with Crippen LogP contribution in [0.4, 0.5) is 0 Å². The fraction of sp³-hybridized carbons (Fsp3) is 0.368. The second-order valence-electron chi connectivity index (χ2n) is 5.43. The molecule has 0 fully saturated rings. The Morgan fingerprint density at radius 1 is 0.857 bits per heavy atom. The van der Waals surface area contributed by atoms with Crippen LogP contribution in [0.5, 0.6) is 0 Å². The first kappa shape index (κ1) is 16.1. The van der Waals surface area contributed by atoms with Crippen LogP contribution in [0.3, 0.4) is 0 Å². The lowest BCUT2D eigenvalue weighted by atomic mass is 9.97. The standard InChI is InChI=1S/C19H24ClN/c1-3-5-15-6-8-16(9-7-15)19(21-14-4-2)17-10-12-18(20)13-11-17/h6-13,19,21H,3-5,14H2,1-2H3. The Kier molecular flexibility index (Phi) is 6.28. The van der Waals surface area contributed by atoms with Crippen molar-refractivity contribution in [1.29, 1.82) is 0 Å². The summed E-state index contributed by atoms with van der Waals surface area (Å²) in [7, 11) is 0. The fourth-order valence-electron chi connectivity index (χ4n) is 2.54. The topological polar surface area (TPSA) is 12.0 Å². The summed E-state index contributed by atoms with van der Waals surface area (Å²) in [6, 6.07) is 17.3. The Morgan fingerprint density at radius 3 is 1.95 bits per heavy atom. The highest BCUT2D eigenvalue weighted by atomic mass is 35.5. The molecule has 2 heteroatoms. The highest BCUT2D eigenvalue weighted by Gasteiger charge is 2.13. The summed E-state index contributed by atoms with van der Waals surface area (Å²) in [5, 5.41) is 4.41. The zero-order valence-electron chi connectivity index (χ0n) is 12.9. The molecule has 0 aliphatic carbocycles. The molecule has 1 N–H and O–H groups in total. The van der Waals surface area contributed by atoms with E-state index >= 15 is 0 Å². The van der Waals surface area contributed by atoms with E-state index in [-0.39, 0.29) is 6.04 Å². The minimum Gasteiger partial charge on any atom is -0.306 e. The Hall–Kier alpha value is -1.31. The molecule has 2 aromatic carbocycles. The molecule has 0 aliphatic heterocycles. The lowest BCUT2D eigenvalue weighted by molar-refractivity contribution is 0.598. The van der Waals surface area contributed by atoms with E-state index in [2.05, 4.69) is 55.6 Å². The van der Waals surface area contributed by atoms with Gasteiger partial charge in [-0.1, -0.05) is 68.3 Å². The van der Waals surface area contributed by atoms with Gasteiger partial charge in [-0.3, -0.25) is 0 Å². The molecule has 1 atom stereocenters. The summed E-state index contributed by atoms with van der Waals surface area (Å²) in [5.41, 5.74) is 3.98. The number of hydrogen-bond acceptors (Lipinski definition) is 1. The van der Waals surface area contributed by atoms with Crippen molar-refractivity contribution in [2.45, 2.75) is 39.2 Å². The summed E-state index contributed by atoms with van der Waals surface area (Å²) in [5.74, 6) is 0. The predicted octanol–water partition coefficient (Wildman–Crippen LogP) is 5.38. The van der Waals surface area contributed by atoms with Crippen molar-refractivity contribution in [3.05, 3.63) is 70.2 Å². The van der Waals surface area contributed by atoms with Gasteiger partial charge in [0.2, 0.25) is 0 Å². The number of aryl methyl sites for hydroxylation is 1. The van der Waals surface area contributed by atoms with Crippen LogP contribution in [0.2, 0.25) is 5.02 Å². The van der Waals surface area contributed by atoms with Crippen molar-refractivity contribution in [3.8, 4) is 0 Å². The lowest BCUT2D eigenvalue weighted by Gasteiger charge is -2.20. The van der Waals surface area contributed by atoms with Gasteiger partial charge in [0.1, 0.15) is 0 Å². The van der Waals surface area contributed by atoms with Gasteiger partial charge < -0.3 is 5.32 Å². The van der Waals surface area contributed by atoms with Gasteiger partial charge in [0.15, 0.2) is 0 Å². The average Bonchev–Trinajstić information content (AvgIpc) is 2.51. The van der Waals surface area contributed by atoms with E-state index in [1.54, 1.807) is 0 Å². The third kappa shape index (κ3) is 4.59. The van der Waals surface area contributed by atoms with Crippen molar-refractivity contribution < 1.29 is 0 Å². The van der Waals surface area contributed by atoms with Crippen LogP contribution in [0.1, 0.15) is 49.4 Å². The van der Waals surface area contributed by atoms with Crippen LogP contribution < -0.4 is 5.32 Å². The molecule has 0 saturated carbocycles. The second kappa shape index (κ2) is 8.21. The normalized spacial score (nSPS) is 12.3. The number of hydrogen-bond donors (Lipinski definition) is 1. The molecule has 0 bridgehead atoms. The van der Waals surface area contributed by atoms with Crippen LogP contribution in [0.15, 0.2) is 48.5 Å². The molecule has 0 aliphatic rings. The van der Waals surface area contributed by atoms with Crippen molar-refractivity contribution in [1.82, 2.24) is 5.32 Å². The number of nitrogens with one attached hydrogen (secondary N) is 1. The first-order valence-electron chi connectivity index (χ1n) is 7.82. The average molecular weight is 302 g/mol. The minimum atomic E-state index is 0.234. The van der Waals surface area contributed by atoms with E-state index in [1.807, 2.05) is 12.1 Å². The SMILES string of the molecule is CCCNC(c1ccc(Cl)cc1)c1ccc(CCC)cc1. The number of benzene rings is 2. The summed E-state index contributed by atoms with van der Waals surface area (Å²) in [6.07, 6.45) is 3.46. The van der Waals surface area contributed by atoms with Crippen LogP contribution in [-0.4, -0.2) is 6.54 Å². The summed E-state index contributed by atoms with van der Waals surface area (Å²) in [4.78, 5) is 0. The number of rotatable bonds is 7. The first-order chi connectivity index (χ1) is 10.2. The van der Waals surface area contributed by atoms with Crippen molar-refractivity contribution in [2.75, 3.05) is 6.54 Å². The van der Waals surface area contributed by atoms with Gasteiger partial charge in [0, 0.05) is 5.02 Å². The largest absolute Gasteiger partial charge is 0.306 e. The van der Waals surface area contributed by atoms with Crippen molar-refractivity contribution in [2.24, 2.45) is 0 Å². The molecule has 0 heterocycles. The number of halogens is 1. The zero-order chi connectivity index (χ0) is 15.1. The molecule has 0 amide bonds. The van der Waals surface area contributed by atoms with Gasteiger partial charge in [-0.25, -0.2) is 0 Å². The molecule has 0 saturated heterocycles. The molecule has 112 valence electrons. The first-order valence-corrected chi connectivity index (χ1v) is 8.20. The molecule has 0 spiro atoms. The molecule has 2 rings (SSSR count). The highest BCUT2D eigenvalue weighted by molar-refractivity contribution is 6.30.